The summed E-state index contributed by atoms with van der Waals surface area (Å²) in [6.07, 6.45) is 3.91. The van der Waals surface area contributed by atoms with Crippen LogP contribution in [0.1, 0.15) is 12.0 Å². The molecule has 1 saturated heterocycles. The van der Waals surface area contributed by atoms with Crippen molar-refractivity contribution in [1.82, 2.24) is 14.9 Å². The molecule has 2 heterocycles. The summed E-state index contributed by atoms with van der Waals surface area (Å²) in [4.78, 5) is 11.1. The third-order valence-electron chi connectivity index (χ3n) is 4.07. The highest BCUT2D eigenvalue weighted by atomic mass is 79.9. The fourth-order valence-corrected chi connectivity index (χ4v) is 3.06. The van der Waals surface area contributed by atoms with E-state index in [1.54, 1.807) is 19.4 Å². The Kier molecular flexibility index (Phi) is 5.46. The van der Waals surface area contributed by atoms with E-state index in [4.69, 9.17) is 4.74 Å². The molecule has 1 aliphatic rings. The second-order valence-electron chi connectivity index (χ2n) is 5.73. The number of halogens is 1. The minimum atomic E-state index is 0.395. The fraction of sp³-hybridized carbons (Fsp3) is 0.412. The fourth-order valence-electron chi connectivity index (χ4n) is 2.80. The molecule has 0 saturated carbocycles. The number of nitrogens with zero attached hydrogens (tertiary/aromatic N) is 3. The number of benzene rings is 1. The smallest absolute Gasteiger partial charge is 0.226 e. The molecule has 5 nitrogen and oxygen atoms in total. The molecule has 122 valence electrons. The summed E-state index contributed by atoms with van der Waals surface area (Å²) >= 11 is 3.47. The lowest BCUT2D eigenvalue weighted by Gasteiger charge is -2.16. The van der Waals surface area contributed by atoms with Crippen molar-refractivity contribution in [3.05, 3.63) is 46.6 Å². The van der Waals surface area contributed by atoms with Crippen molar-refractivity contribution in [2.24, 2.45) is 0 Å². The van der Waals surface area contributed by atoms with E-state index in [0.717, 1.165) is 36.9 Å². The van der Waals surface area contributed by atoms with E-state index < -0.39 is 0 Å². The Hall–Kier alpha value is -1.66. The van der Waals surface area contributed by atoms with E-state index in [2.05, 4.69) is 60.4 Å². The third kappa shape index (κ3) is 4.65. The molecular weight excluding hydrogens is 356 g/mol. The summed E-state index contributed by atoms with van der Waals surface area (Å²) < 4.78 is 6.26. The number of methoxy groups -OCH3 is 1. The van der Waals surface area contributed by atoms with E-state index in [1.165, 1.54) is 5.56 Å². The normalized spacial score (nSPS) is 18.1. The molecule has 0 bridgehead atoms. The third-order valence-corrected chi connectivity index (χ3v) is 4.60. The van der Waals surface area contributed by atoms with Gasteiger partial charge in [-0.15, -0.1) is 0 Å². The largest absolute Gasteiger partial charge is 0.481 e. The lowest BCUT2D eigenvalue weighted by Crippen LogP contribution is -2.28. The molecule has 1 aromatic heterocycles. The van der Waals surface area contributed by atoms with Crippen LogP contribution in [0.2, 0.25) is 0 Å². The van der Waals surface area contributed by atoms with E-state index in [-0.39, 0.29) is 0 Å². The van der Waals surface area contributed by atoms with Crippen LogP contribution in [0.4, 0.5) is 5.95 Å². The molecule has 1 aliphatic heterocycles. The Morgan fingerprint density at radius 2 is 2.13 bits per heavy atom. The molecule has 1 unspecified atom stereocenters. The van der Waals surface area contributed by atoms with E-state index >= 15 is 0 Å². The number of rotatable bonds is 6. The first-order valence-corrected chi connectivity index (χ1v) is 8.62. The van der Waals surface area contributed by atoms with E-state index in [9.17, 15) is 0 Å². The molecule has 0 radical (unpaired) electrons. The van der Waals surface area contributed by atoms with Crippen molar-refractivity contribution in [2.75, 3.05) is 32.1 Å². The van der Waals surface area contributed by atoms with Gasteiger partial charge in [0.2, 0.25) is 11.8 Å². The molecule has 1 fully saturated rings. The lowest BCUT2D eigenvalue weighted by molar-refractivity contribution is 0.340. The maximum Gasteiger partial charge on any atom is 0.226 e. The minimum Gasteiger partial charge on any atom is -0.481 e. The average molecular weight is 377 g/mol. The van der Waals surface area contributed by atoms with Crippen LogP contribution in [-0.4, -0.2) is 47.7 Å². The van der Waals surface area contributed by atoms with Gasteiger partial charge in [-0.05, 0) is 30.5 Å². The molecule has 2 aromatic rings. The van der Waals surface area contributed by atoms with E-state index in [1.807, 2.05) is 0 Å². The summed E-state index contributed by atoms with van der Waals surface area (Å²) in [6.45, 7) is 3.22. The van der Waals surface area contributed by atoms with Gasteiger partial charge in [0.05, 0.1) is 7.11 Å². The van der Waals surface area contributed by atoms with Gasteiger partial charge in [-0.1, -0.05) is 28.1 Å². The summed E-state index contributed by atoms with van der Waals surface area (Å²) in [7, 11) is 1.62. The number of aromatic nitrogens is 2. The number of ether oxygens (including phenoxy) is 1. The van der Waals surface area contributed by atoms with Gasteiger partial charge in [0.15, 0.2) is 0 Å². The van der Waals surface area contributed by atoms with Crippen LogP contribution in [0.15, 0.2) is 41.0 Å². The molecule has 23 heavy (non-hydrogen) atoms. The molecule has 0 aliphatic carbocycles. The maximum atomic E-state index is 5.13. The number of likely N-dealkylation sites (tertiary alicyclic amines) is 1. The lowest BCUT2D eigenvalue weighted by atomic mass is 10.1. The van der Waals surface area contributed by atoms with Gasteiger partial charge in [0, 0.05) is 42.4 Å². The highest BCUT2D eigenvalue weighted by Crippen LogP contribution is 2.16. The molecule has 1 N–H and O–H groups in total. The van der Waals surface area contributed by atoms with Crippen LogP contribution in [0, 0.1) is 0 Å². The van der Waals surface area contributed by atoms with Crippen molar-refractivity contribution in [3.63, 3.8) is 0 Å². The number of nitrogens with one attached hydrogen (secondary N) is 1. The Bertz CT molecular complexity index is 635. The second kappa shape index (κ2) is 7.75. The second-order valence-corrected chi connectivity index (χ2v) is 6.65. The first-order valence-electron chi connectivity index (χ1n) is 7.83. The summed E-state index contributed by atoms with van der Waals surface area (Å²) in [5, 5.41) is 3.40. The number of hydrogen-bond donors (Lipinski definition) is 1. The van der Waals surface area contributed by atoms with Crippen molar-refractivity contribution in [1.29, 1.82) is 0 Å². The summed E-state index contributed by atoms with van der Waals surface area (Å²) in [5.74, 6) is 1.23. The standard InChI is InChI=1S/C17H21BrN4O/c1-23-16-6-9-19-17(21-16)20-15-8-11-22(12-15)10-7-13-2-4-14(18)5-3-13/h2-6,9,15H,7-8,10-12H2,1H3,(H,19,20,21). The molecule has 1 aromatic carbocycles. The predicted octanol–water partition coefficient (Wildman–Crippen LogP) is 2.98. The van der Waals surface area contributed by atoms with Gasteiger partial charge in [-0.2, -0.15) is 4.98 Å². The van der Waals surface area contributed by atoms with Gasteiger partial charge in [0.1, 0.15) is 0 Å². The van der Waals surface area contributed by atoms with Crippen molar-refractivity contribution >= 4 is 21.9 Å². The van der Waals surface area contributed by atoms with Gasteiger partial charge < -0.3 is 15.0 Å². The summed E-state index contributed by atoms with van der Waals surface area (Å²) in [5.41, 5.74) is 1.38. The molecule has 6 heteroatoms. The monoisotopic (exact) mass is 376 g/mol. The van der Waals surface area contributed by atoms with Crippen LogP contribution >= 0.6 is 15.9 Å². The van der Waals surface area contributed by atoms with E-state index in [0.29, 0.717) is 17.9 Å². The van der Waals surface area contributed by atoms with Crippen LogP contribution in [0.3, 0.4) is 0 Å². The molecule has 1 atom stereocenters. The number of hydrogen-bond acceptors (Lipinski definition) is 5. The summed E-state index contributed by atoms with van der Waals surface area (Å²) in [6, 6.07) is 10.7. The van der Waals surface area contributed by atoms with Crippen LogP contribution in [0.25, 0.3) is 0 Å². The Morgan fingerprint density at radius 1 is 1.30 bits per heavy atom. The quantitative estimate of drug-likeness (QED) is 0.839. The van der Waals surface area contributed by atoms with Gasteiger partial charge >= 0.3 is 0 Å². The van der Waals surface area contributed by atoms with Crippen molar-refractivity contribution < 1.29 is 4.74 Å². The predicted molar refractivity (Wildman–Crippen MR) is 94.9 cm³/mol. The first-order chi connectivity index (χ1) is 11.2. The Morgan fingerprint density at radius 3 is 2.91 bits per heavy atom. The van der Waals surface area contributed by atoms with Gasteiger partial charge in [-0.3, -0.25) is 0 Å². The zero-order valence-electron chi connectivity index (χ0n) is 13.2. The van der Waals surface area contributed by atoms with Crippen LogP contribution in [0.5, 0.6) is 5.88 Å². The highest BCUT2D eigenvalue weighted by Gasteiger charge is 2.22. The van der Waals surface area contributed by atoms with Gasteiger partial charge in [0.25, 0.3) is 0 Å². The van der Waals surface area contributed by atoms with Crippen LogP contribution < -0.4 is 10.1 Å². The van der Waals surface area contributed by atoms with Gasteiger partial charge in [-0.25, -0.2) is 4.98 Å². The van der Waals surface area contributed by atoms with Crippen LogP contribution in [-0.2, 0) is 6.42 Å². The molecule has 3 rings (SSSR count). The molecular formula is C17H21BrN4O. The Balaban J connectivity index is 1.47. The number of anilines is 1. The topological polar surface area (TPSA) is 50.3 Å². The first kappa shape index (κ1) is 16.2. The maximum absolute atomic E-state index is 5.13. The van der Waals surface area contributed by atoms with Crippen molar-refractivity contribution in [3.8, 4) is 5.88 Å². The minimum absolute atomic E-state index is 0.395. The average Bonchev–Trinajstić information content (AvgIpc) is 3.02. The SMILES string of the molecule is COc1ccnc(NC2CCN(CCc3ccc(Br)cc3)C2)n1. The van der Waals surface area contributed by atoms with Crippen molar-refractivity contribution in [2.45, 2.75) is 18.9 Å². The molecule has 0 spiro atoms. The highest BCUT2D eigenvalue weighted by molar-refractivity contribution is 9.10. The zero-order chi connectivity index (χ0) is 16.1. The Labute approximate surface area is 145 Å². The molecule has 0 amide bonds. The zero-order valence-corrected chi connectivity index (χ0v) is 14.8.